The van der Waals surface area contributed by atoms with Crippen molar-refractivity contribution in [2.24, 2.45) is 5.73 Å². The van der Waals surface area contributed by atoms with E-state index in [-0.39, 0.29) is 0 Å². The molecule has 0 aliphatic carbocycles. The highest BCUT2D eigenvalue weighted by Gasteiger charge is 2.13. The molecule has 0 spiro atoms. The molecule has 3 aromatic rings. The Hall–Kier alpha value is -1.78. The SMILES string of the molecule is NCc1oc2ccccc2c1COc1ccccc1Br. The van der Waals surface area contributed by atoms with Crippen molar-refractivity contribution in [1.82, 2.24) is 0 Å². The molecule has 1 aromatic heterocycles. The number of hydrogen-bond donors (Lipinski definition) is 1. The van der Waals surface area contributed by atoms with Crippen LogP contribution in [0.1, 0.15) is 11.3 Å². The molecule has 0 saturated heterocycles. The van der Waals surface area contributed by atoms with Gasteiger partial charge in [0.15, 0.2) is 0 Å². The maximum absolute atomic E-state index is 5.87. The molecule has 0 saturated carbocycles. The van der Waals surface area contributed by atoms with Crippen LogP contribution >= 0.6 is 15.9 Å². The van der Waals surface area contributed by atoms with Crippen molar-refractivity contribution in [3.63, 3.8) is 0 Å². The first-order valence-corrected chi connectivity index (χ1v) is 7.15. The maximum atomic E-state index is 5.87. The van der Waals surface area contributed by atoms with Crippen LogP contribution in [0, 0.1) is 0 Å². The van der Waals surface area contributed by atoms with Crippen molar-refractivity contribution < 1.29 is 9.15 Å². The average Bonchev–Trinajstić information content (AvgIpc) is 2.84. The van der Waals surface area contributed by atoms with Crippen LogP contribution in [0.4, 0.5) is 0 Å². The Labute approximate surface area is 125 Å². The lowest BCUT2D eigenvalue weighted by Crippen LogP contribution is -2.02. The van der Waals surface area contributed by atoms with Gasteiger partial charge in [0, 0.05) is 10.9 Å². The molecule has 4 heteroatoms. The Morgan fingerprint density at radius 2 is 1.80 bits per heavy atom. The molecule has 2 N–H and O–H groups in total. The lowest BCUT2D eigenvalue weighted by molar-refractivity contribution is 0.301. The largest absolute Gasteiger partial charge is 0.488 e. The third-order valence-corrected chi connectivity index (χ3v) is 3.83. The van der Waals surface area contributed by atoms with E-state index in [0.29, 0.717) is 13.2 Å². The van der Waals surface area contributed by atoms with Gasteiger partial charge >= 0.3 is 0 Å². The molecule has 0 fully saturated rings. The predicted molar refractivity (Wildman–Crippen MR) is 82.6 cm³/mol. The summed E-state index contributed by atoms with van der Waals surface area (Å²) in [5.74, 6) is 1.58. The van der Waals surface area contributed by atoms with Gasteiger partial charge in [-0.25, -0.2) is 0 Å². The van der Waals surface area contributed by atoms with Gasteiger partial charge in [-0.2, -0.15) is 0 Å². The zero-order valence-electron chi connectivity index (χ0n) is 10.8. The fraction of sp³-hybridized carbons (Fsp3) is 0.125. The summed E-state index contributed by atoms with van der Waals surface area (Å²) in [5.41, 5.74) is 7.61. The summed E-state index contributed by atoms with van der Waals surface area (Å²) >= 11 is 3.47. The Bertz CT molecular complexity index is 736. The molecule has 0 bridgehead atoms. The Morgan fingerprint density at radius 3 is 2.60 bits per heavy atom. The minimum atomic E-state index is 0.364. The summed E-state index contributed by atoms with van der Waals surface area (Å²) in [7, 11) is 0. The van der Waals surface area contributed by atoms with E-state index in [4.69, 9.17) is 14.9 Å². The fourth-order valence-electron chi connectivity index (χ4n) is 2.18. The quantitative estimate of drug-likeness (QED) is 0.778. The molecular weight excluding hydrogens is 318 g/mol. The molecule has 0 atom stereocenters. The van der Waals surface area contributed by atoms with Crippen molar-refractivity contribution >= 4 is 26.9 Å². The van der Waals surface area contributed by atoms with Crippen molar-refractivity contribution in [2.75, 3.05) is 0 Å². The molecule has 20 heavy (non-hydrogen) atoms. The van der Waals surface area contributed by atoms with Crippen LogP contribution in [0.25, 0.3) is 11.0 Å². The van der Waals surface area contributed by atoms with Gasteiger partial charge in [0.25, 0.3) is 0 Å². The molecule has 0 unspecified atom stereocenters. The summed E-state index contributed by atoms with van der Waals surface area (Å²) in [4.78, 5) is 0. The van der Waals surface area contributed by atoms with E-state index < -0.39 is 0 Å². The van der Waals surface area contributed by atoms with Crippen molar-refractivity contribution in [1.29, 1.82) is 0 Å². The highest BCUT2D eigenvalue weighted by molar-refractivity contribution is 9.10. The third-order valence-electron chi connectivity index (χ3n) is 3.18. The zero-order chi connectivity index (χ0) is 13.9. The molecule has 0 aliphatic rings. The highest BCUT2D eigenvalue weighted by Crippen LogP contribution is 2.29. The molecule has 0 amide bonds. The first kappa shape index (κ1) is 13.2. The van der Waals surface area contributed by atoms with Crippen molar-refractivity contribution in [3.8, 4) is 5.75 Å². The average molecular weight is 332 g/mol. The number of nitrogens with two attached hydrogens (primary N) is 1. The van der Waals surface area contributed by atoms with Crippen LogP contribution in [-0.2, 0) is 13.2 Å². The van der Waals surface area contributed by atoms with Crippen molar-refractivity contribution in [2.45, 2.75) is 13.2 Å². The maximum Gasteiger partial charge on any atom is 0.134 e. The fourth-order valence-corrected chi connectivity index (χ4v) is 2.58. The number of para-hydroxylation sites is 2. The van der Waals surface area contributed by atoms with Crippen molar-refractivity contribution in [3.05, 3.63) is 64.3 Å². The molecule has 3 nitrogen and oxygen atoms in total. The van der Waals surface area contributed by atoms with E-state index in [1.54, 1.807) is 0 Å². The van der Waals surface area contributed by atoms with Gasteiger partial charge < -0.3 is 14.9 Å². The lowest BCUT2D eigenvalue weighted by atomic mass is 10.1. The van der Waals surface area contributed by atoms with Gasteiger partial charge in [0.1, 0.15) is 23.7 Å². The topological polar surface area (TPSA) is 48.4 Å². The van der Waals surface area contributed by atoms with E-state index in [0.717, 1.165) is 32.5 Å². The summed E-state index contributed by atoms with van der Waals surface area (Å²) in [5, 5.41) is 1.06. The number of halogens is 1. The molecule has 0 aliphatic heterocycles. The van der Waals surface area contributed by atoms with E-state index in [9.17, 15) is 0 Å². The van der Waals surface area contributed by atoms with Gasteiger partial charge in [0.2, 0.25) is 0 Å². The Balaban J connectivity index is 1.92. The van der Waals surface area contributed by atoms with Crippen LogP contribution in [0.5, 0.6) is 5.75 Å². The number of hydrogen-bond acceptors (Lipinski definition) is 3. The van der Waals surface area contributed by atoms with Crippen LogP contribution in [0.3, 0.4) is 0 Å². The first-order valence-electron chi connectivity index (χ1n) is 6.36. The second-order valence-corrected chi connectivity index (χ2v) is 5.28. The second-order valence-electron chi connectivity index (χ2n) is 4.42. The van der Waals surface area contributed by atoms with Gasteiger partial charge in [-0.3, -0.25) is 0 Å². The number of rotatable bonds is 4. The molecule has 0 radical (unpaired) electrons. The van der Waals surface area contributed by atoms with Gasteiger partial charge in [-0.05, 0) is 34.1 Å². The number of benzene rings is 2. The highest BCUT2D eigenvalue weighted by atomic mass is 79.9. The molecule has 2 aromatic carbocycles. The third kappa shape index (κ3) is 2.44. The smallest absolute Gasteiger partial charge is 0.134 e. The van der Waals surface area contributed by atoms with E-state index in [2.05, 4.69) is 15.9 Å². The minimum absolute atomic E-state index is 0.364. The van der Waals surface area contributed by atoms with E-state index >= 15 is 0 Å². The Morgan fingerprint density at radius 1 is 1.05 bits per heavy atom. The summed E-state index contributed by atoms with van der Waals surface area (Å²) in [6, 6.07) is 15.7. The van der Waals surface area contributed by atoms with Gasteiger partial charge in [0.05, 0.1) is 11.0 Å². The van der Waals surface area contributed by atoms with Gasteiger partial charge in [-0.15, -0.1) is 0 Å². The van der Waals surface area contributed by atoms with E-state index in [1.165, 1.54) is 0 Å². The standard InChI is InChI=1S/C16H14BrNO2/c17-13-6-2-4-8-15(13)19-10-12-11-5-1-3-7-14(11)20-16(12)9-18/h1-8H,9-10,18H2. The molecule has 102 valence electrons. The molecule has 1 heterocycles. The first-order chi connectivity index (χ1) is 9.79. The zero-order valence-corrected chi connectivity index (χ0v) is 12.4. The monoisotopic (exact) mass is 331 g/mol. The van der Waals surface area contributed by atoms with E-state index in [1.807, 2.05) is 48.5 Å². The summed E-state index contributed by atoms with van der Waals surface area (Å²) in [6.07, 6.45) is 0. The molecule has 3 rings (SSSR count). The summed E-state index contributed by atoms with van der Waals surface area (Å²) < 4.78 is 12.6. The van der Waals surface area contributed by atoms with Crippen LogP contribution in [0.2, 0.25) is 0 Å². The lowest BCUT2D eigenvalue weighted by Gasteiger charge is -2.08. The minimum Gasteiger partial charge on any atom is -0.488 e. The predicted octanol–water partition coefficient (Wildman–Crippen LogP) is 4.23. The normalized spacial score (nSPS) is 10.9. The van der Waals surface area contributed by atoms with Crippen LogP contribution < -0.4 is 10.5 Å². The van der Waals surface area contributed by atoms with Gasteiger partial charge in [-0.1, -0.05) is 30.3 Å². The number of fused-ring (bicyclic) bond motifs is 1. The summed E-state index contributed by atoms with van der Waals surface area (Å²) in [6.45, 7) is 0.801. The number of ether oxygens (including phenoxy) is 1. The van der Waals surface area contributed by atoms with Crippen LogP contribution in [0.15, 0.2) is 57.4 Å². The number of furan rings is 1. The molecular formula is C16H14BrNO2. The second kappa shape index (κ2) is 5.69. The Kier molecular flexibility index (Phi) is 3.76. The van der Waals surface area contributed by atoms with Crippen LogP contribution in [-0.4, -0.2) is 0 Å².